The average molecular weight is 324 g/mol. The highest BCUT2D eigenvalue weighted by atomic mass is 16.1. The number of hydrogen-bond donors (Lipinski definition) is 1. The fourth-order valence-corrected chi connectivity index (χ4v) is 2.41. The molecular weight excluding hydrogens is 304 g/mol. The van der Waals surface area contributed by atoms with Gasteiger partial charge in [0.05, 0.1) is 24.3 Å². The van der Waals surface area contributed by atoms with E-state index >= 15 is 0 Å². The first-order valence-corrected chi connectivity index (χ1v) is 7.91. The molecule has 7 nitrogen and oxygen atoms in total. The second kappa shape index (κ2) is 7.54. The van der Waals surface area contributed by atoms with Crippen LogP contribution in [-0.2, 0) is 17.8 Å². The Morgan fingerprint density at radius 1 is 1.25 bits per heavy atom. The van der Waals surface area contributed by atoms with Crippen molar-refractivity contribution in [3.8, 4) is 5.69 Å². The van der Waals surface area contributed by atoms with E-state index in [1.54, 1.807) is 11.0 Å². The zero-order valence-corrected chi connectivity index (χ0v) is 13.5. The molecule has 1 aromatic carbocycles. The van der Waals surface area contributed by atoms with Gasteiger partial charge in [0.1, 0.15) is 12.7 Å². The van der Waals surface area contributed by atoms with E-state index in [1.807, 2.05) is 54.3 Å². The first kappa shape index (κ1) is 15.9. The SMILES string of the molecule is CC(Cn1cncn1)C(=O)NCCc1cnn(-c2ccccc2)c1. The highest BCUT2D eigenvalue weighted by Gasteiger charge is 2.13. The number of para-hydroxylation sites is 1. The highest BCUT2D eigenvalue weighted by molar-refractivity contribution is 5.78. The Balaban J connectivity index is 1.46. The summed E-state index contributed by atoms with van der Waals surface area (Å²) in [6.07, 6.45) is 7.64. The zero-order valence-electron chi connectivity index (χ0n) is 13.5. The molecule has 0 spiro atoms. The van der Waals surface area contributed by atoms with E-state index in [0.717, 1.165) is 17.7 Å². The van der Waals surface area contributed by atoms with Crippen LogP contribution in [0.4, 0.5) is 0 Å². The summed E-state index contributed by atoms with van der Waals surface area (Å²) >= 11 is 0. The molecule has 2 heterocycles. The lowest BCUT2D eigenvalue weighted by Gasteiger charge is -2.11. The molecule has 2 aromatic heterocycles. The Morgan fingerprint density at radius 3 is 2.83 bits per heavy atom. The van der Waals surface area contributed by atoms with Gasteiger partial charge in [-0.3, -0.25) is 9.48 Å². The van der Waals surface area contributed by atoms with Gasteiger partial charge in [-0.25, -0.2) is 9.67 Å². The van der Waals surface area contributed by atoms with Crippen molar-refractivity contribution in [3.63, 3.8) is 0 Å². The van der Waals surface area contributed by atoms with Crippen molar-refractivity contribution in [2.75, 3.05) is 6.54 Å². The fourth-order valence-electron chi connectivity index (χ4n) is 2.41. The van der Waals surface area contributed by atoms with Gasteiger partial charge in [-0.2, -0.15) is 10.2 Å². The number of carbonyl (C=O) groups excluding carboxylic acids is 1. The quantitative estimate of drug-likeness (QED) is 0.714. The number of benzene rings is 1. The summed E-state index contributed by atoms with van der Waals surface area (Å²) in [5.74, 6) is -0.139. The lowest BCUT2D eigenvalue weighted by molar-refractivity contribution is -0.124. The van der Waals surface area contributed by atoms with E-state index in [4.69, 9.17) is 0 Å². The zero-order chi connectivity index (χ0) is 16.8. The monoisotopic (exact) mass is 324 g/mol. The number of aromatic nitrogens is 5. The van der Waals surface area contributed by atoms with Gasteiger partial charge in [0.25, 0.3) is 0 Å². The molecule has 1 amide bonds. The standard InChI is InChI=1S/C17H20N6O/c1-14(10-22-13-18-12-21-22)17(24)19-8-7-15-9-20-23(11-15)16-5-3-2-4-6-16/h2-6,9,11-14H,7-8,10H2,1H3,(H,19,24). The largest absolute Gasteiger partial charge is 0.355 e. The van der Waals surface area contributed by atoms with Crippen LogP contribution < -0.4 is 5.32 Å². The maximum absolute atomic E-state index is 12.1. The molecule has 0 aliphatic rings. The van der Waals surface area contributed by atoms with Crippen LogP contribution in [-0.4, -0.2) is 37.0 Å². The average Bonchev–Trinajstić information content (AvgIpc) is 3.27. The topological polar surface area (TPSA) is 77.6 Å². The van der Waals surface area contributed by atoms with Gasteiger partial charge in [-0.15, -0.1) is 0 Å². The van der Waals surface area contributed by atoms with Gasteiger partial charge >= 0.3 is 0 Å². The van der Waals surface area contributed by atoms with E-state index < -0.39 is 0 Å². The van der Waals surface area contributed by atoms with Crippen LogP contribution in [0.5, 0.6) is 0 Å². The molecule has 7 heteroatoms. The molecule has 0 radical (unpaired) electrons. The summed E-state index contributed by atoms with van der Waals surface area (Å²) in [4.78, 5) is 16.0. The minimum Gasteiger partial charge on any atom is -0.355 e. The van der Waals surface area contributed by atoms with E-state index in [0.29, 0.717) is 13.1 Å². The molecule has 3 rings (SSSR count). The van der Waals surface area contributed by atoms with E-state index in [2.05, 4.69) is 20.5 Å². The number of nitrogens with zero attached hydrogens (tertiary/aromatic N) is 5. The van der Waals surface area contributed by atoms with Crippen molar-refractivity contribution in [2.24, 2.45) is 5.92 Å². The van der Waals surface area contributed by atoms with Crippen molar-refractivity contribution in [1.82, 2.24) is 29.9 Å². The smallest absolute Gasteiger partial charge is 0.224 e. The molecule has 1 atom stereocenters. The highest BCUT2D eigenvalue weighted by Crippen LogP contribution is 2.08. The van der Waals surface area contributed by atoms with Crippen molar-refractivity contribution >= 4 is 5.91 Å². The summed E-state index contributed by atoms with van der Waals surface area (Å²) in [7, 11) is 0. The number of nitrogens with one attached hydrogen (secondary N) is 1. The Morgan fingerprint density at radius 2 is 2.08 bits per heavy atom. The second-order valence-corrected chi connectivity index (χ2v) is 5.69. The Labute approximate surface area is 140 Å². The van der Waals surface area contributed by atoms with Gasteiger partial charge in [0.15, 0.2) is 0 Å². The summed E-state index contributed by atoms with van der Waals surface area (Å²) < 4.78 is 3.50. The van der Waals surface area contributed by atoms with Crippen LogP contribution in [0.15, 0.2) is 55.4 Å². The molecule has 24 heavy (non-hydrogen) atoms. The molecule has 0 fully saturated rings. The van der Waals surface area contributed by atoms with Gasteiger partial charge in [0, 0.05) is 12.7 Å². The van der Waals surface area contributed by atoms with Crippen molar-refractivity contribution in [2.45, 2.75) is 19.9 Å². The molecule has 1 unspecified atom stereocenters. The molecule has 0 saturated heterocycles. The van der Waals surface area contributed by atoms with Crippen molar-refractivity contribution < 1.29 is 4.79 Å². The van der Waals surface area contributed by atoms with Crippen LogP contribution in [0, 0.1) is 5.92 Å². The molecule has 1 N–H and O–H groups in total. The number of hydrogen-bond acceptors (Lipinski definition) is 4. The van der Waals surface area contributed by atoms with Gasteiger partial charge in [-0.05, 0) is 24.1 Å². The van der Waals surface area contributed by atoms with Crippen LogP contribution in [0.25, 0.3) is 5.69 Å². The lowest BCUT2D eigenvalue weighted by atomic mass is 10.1. The van der Waals surface area contributed by atoms with Gasteiger partial charge < -0.3 is 5.32 Å². The molecular formula is C17H20N6O. The third-order valence-corrected chi connectivity index (χ3v) is 3.74. The summed E-state index contributed by atoms with van der Waals surface area (Å²) in [5.41, 5.74) is 2.11. The second-order valence-electron chi connectivity index (χ2n) is 5.69. The van der Waals surface area contributed by atoms with Gasteiger partial charge in [-0.1, -0.05) is 25.1 Å². The summed E-state index contributed by atoms with van der Waals surface area (Å²) in [6.45, 7) is 2.99. The van der Waals surface area contributed by atoms with Crippen LogP contribution in [0.1, 0.15) is 12.5 Å². The molecule has 0 aliphatic carbocycles. The third-order valence-electron chi connectivity index (χ3n) is 3.74. The maximum atomic E-state index is 12.1. The maximum Gasteiger partial charge on any atom is 0.224 e. The Kier molecular flexibility index (Phi) is 5.00. The summed E-state index contributed by atoms with van der Waals surface area (Å²) in [5, 5.41) is 11.3. The van der Waals surface area contributed by atoms with Crippen LogP contribution >= 0.6 is 0 Å². The fraction of sp³-hybridized carbons (Fsp3) is 0.294. The Bertz CT molecular complexity index is 766. The van der Waals surface area contributed by atoms with Gasteiger partial charge in [0.2, 0.25) is 5.91 Å². The first-order valence-electron chi connectivity index (χ1n) is 7.91. The molecule has 124 valence electrons. The molecule has 0 saturated carbocycles. The number of carbonyl (C=O) groups is 1. The van der Waals surface area contributed by atoms with Crippen LogP contribution in [0.2, 0.25) is 0 Å². The lowest BCUT2D eigenvalue weighted by Crippen LogP contribution is -2.33. The number of rotatable bonds is 7. The molecule has 0 bridgehead atoms. The number of amides is 1. The minimum atomic E-state index is -0.154. The van der Waals surface area contributed by atoms with Crippen molar-refractivity contribution in [1.29, 1.82) is 0 Å². The van der Waals surface area contributed by atoms with E-state index in [9.17, 15) is 4.79 Å². The van der Waals surface area contributed by atoms with E-state index in [1.165, 1.54) is 6.33 Å². The predicted octanol–water partition coefficient (Wildman–Crippen LogP) is 1.46. The molecule has 3 aromatic rings. The minimum absolute atomic E-state index is 0.0148. The van der Waals surface area contributed by atoms with Crippen molar-refractivity contribution in [3.05, 3.63) is 60.9 Å². The van der Waals surface area contributed by atoms with Crippen LogP contribution in [0.3, 0.4) is 0 Å². The normalized spacial score (nSPS) is 12.0. The third kappa shape index (κ3) is 4.07. The van der Waals surface area contributed by atoms with E-state index in [-0.39, 0.29) is 11.8 Å². The summed E-state index contributed by atoms with van der Waals surface area (Å²) in [6, 6.07) is 9.94. The predicted molar refractivity (Wildman–Crippen MR) is 89.5 cm³/mol. The Hall–Kier alpha value is -2.96. The first-order chi connectivity index (χ1) is 11.7. The molecule has 0 aliphatic heterocycles.